The second-order valence-electron chi connectivity index (χ2n) is 5.39. The molecule has 0 saturated heterocycles. The van der Waals surface area contributed by atoms with Crippen molar-refractivity contribution < 1.29 is 17.9 Å². The van der Waals surface area contributed by atoms with Crippen LogP contribution in [0.5, 0.6) is 0 Å². The number of rotatable bonds is 4. The van der Waals surface area contributed by atoms with Crippen LogP contribution in [0.3, 0.4) is 0 Å². The normalized spacial score (nSPS) is 11.6. The highest BCUT2D eigenvalue weighted by Gasteiger charge is 2.23. The minimum Gasteiger partial charge on any atom is -0.393 e. The molecule has 0 unspecified atom stereocenters. The minimum absolute atomic E-state index is 0.0418. The molecule has 1 aromatic heterocycles. The van der Waals surface area contributed by atoms with Gasteiger partial charge in [-0.1, -0.05) is 30.3 Å². The molecule has 0 aliphatic carbocycles. The van der Waals surface area contributed by atoms with E-state index in [0.717, 1.165) is 0 Å². The van der Waals surface area contributed by atoms with E-state index in [1.807, 2.05) is 0 Å². The molecule has 25 heavy (non-hydrogen) atoms. The van der Waals surface area contributed by atoms with Gasteiger partial charge in [-0.15, -0.1) is 0 Å². The highest BCUT2D eigenvalue weighted by Crippen LogP contribution is 2.33. The average molecular weight is 359 g/mol. The predicted molar refractivity (Wildman–Crippen MR) is 91.9 cm³/mol. The molecule has 0 aliphatic rings. The van der Waals surface area contributed by atoms with Crippen LogP contribution in [0.1, 0.15) is 11.3 Å². The van der Waals surface area contributed by atoms with E-state index in [1.165, 1.54) is 24.3 Å². The first kappa shape index (κ1) is 16.8. The van der Waals surface area contributed by atoms with Gasteiger partial charge in [0.05, 0.1) is 15.3 Å². The molecule has 0 aliphatic heterocycles. The van der Waals surface area contributed by atoms with Crippen molar-refractivity contribution in [2.45, 2.75) is 11.3 Å². The topological polar surface area (TPSA) is 136 Å². The van der Waals surface area contributed by atoms with Crippen molar-refractivity contribution in [1.29, 1.82) is 0 Å². The van der Waals surface area contributed by atoms with Gasteiger partial charge in [0.2, 0.25) is 0 Å². The van der Waals surface area contributed by atoms with Crippen molar-refractivity contribution in [3.8, 4) is 0 Å². The summed E-state index contributed by atoms with van der Waals surface area (Å²) in [5.74, 6) is 0. The van der Waals surface area contributed by atoms with Crippen molar-refractivity contribution in [2.75, 3.05) is 5.73 Å². The molecule has 0 amide bonds. The van der Waals surface area contributed by atoms with E-state index < -0.39 is 15.0 Å². The summed E-state index contributed by atoms with van der Waals surface area (Å²) in [6.07, 6.45) is 0.0943. The summed E-state index contributed by atoms with van der Waals surface area (Å²) in [6, 6.07) is 12.2. The Balaban J connectivity index is 2.09. The molecule has 0 spiro atoms. The predicted octanol–water partition coefficient (Wildman–Crippen LogP) is 2.56. The van der Waals surface area contributed by atoms with Gasteiger partial charge in [-0.25, -0.2) is 4.98 Å². The molecule has 2 aromatic carbocycles. The third-order valence-corrected chi connectivity index (χ3v) is 4.62. The van der Waals surface area contributed by atoms with Crippen LogP contribution in [0.4, 0.5) is 11.4 Å². The van der Waals surface area contributed by atoms with E-state index in [9.17, 15) is 18.5 Å². The number of aromatic nitrogens is 1. The monoisotopic (exact) mass is 359 g/mol. The number of para-hydroxylation sites is 1. The van der Waals surface area contributed by atoms with Crippen LogP contribution in [0, 0.1) is 10.1 Å². The van der Waals surface area contributed by atoms with E-state index in [0.29, 0.717) is 16.5 Å². The Bertz CT molecular complexity index is 1080. The summed E-state index contributed by atoms with van der Waals surface area (Å²) in [7, 11) is -4.29. The molecule has 128 valence electrons. The molecule has 3 N–H and O–H groups in total. The number of hydrogen-bond acceptors (Lipinski definition) is 6. The lowest BCUT2D eigenvalue weighted by Gasteiger charge is -2.08. The van der Waals surface area contributed by atoms with Crippen LogP contribution in [0.25, 0.3) is 10.9 Å². The zero-order chi connectivity index (χ0) is 18.2. The Kier molecular flexibility index (Phi) is 4.11. The molecule has 1 heterocycles. The largest absolute Gasteiger partial charge is 0.393 e. The third kappa shape index (κ3) is 3.28. The number of benzene rings is 2. The van der Waals surface area contributed by atoms with E-state index in [4.69, 9.17) is 10.3 Å². The molecule has 0 fully saturated rings. The average Bonchev–Trinajstić information content (AvgIpc) is 2.54. The summed E-state index contributed by atoms with van der Waals surface area (Å²) in [6.45, 7) is 0. The van der Waals surface area contributed by atoms with E-state index >= 15 is 0 Å². The molecule has 8 nitrogen and oxygen atoms in total. The van der Waals surface area contributed by atoms with Gasteiger partial charge in [0.25, 0.3) is 10.1 Å². The Morgan fingerprint density at radius 2 is 1.76 bits per heavy atom. The maximum Gasteiger partial charge on any atom is 0.314 e. The minimum atomic E-state index is -4.29. The summed E-state index contributed by atoms with van der Waals surface area (Å²) in [5, 5.41) is 11.9. The zero-order valence-electron chi connectivity index (χ0n) is 12.8. The van der Waals surface area contributed by atoms with Gasteiger partial charge in [0, 0.05) is 11.8 Å². The van der Waals surface area contributed by atoms with Crippen molar-refractivity contribution in [3.63, 3.8) is 0 Å². The van der Waals surface area contributed by atoms with Crippen molar-refractivity contribution in [3.05, 3.63) is 69.9 Å². The molecule has 3 rings (SSSR count). The molecule has 3 aromatic rings. The van der Waals surface area contributed by atoms with Gasteiger partial charge in [-0.3, -0.25) is 14.7 Å². The van der Waals surface area contributed by atoms with Crippen LogP contribution in [0.2, 0.25) is 0 Å². The lowest BCUT2D eigenvalue weighted by atomic mass is 10.0. The van der Waals surface area contributed by atoms with Gasteiger partial charge in [-0.2, -0.15) is 8.42 Å². The fourth-order valence-corrected chi connectivity index (χ4v) is 3.06. The van der Waals surface area contributed by atoms with E-state index in [2.05, 4.69) is 4.98 Å². The number of pyridine rings is 1. The smallest absolute Gasteiger partial charge is 0.314 e. The zero-order valence-corrected chi connectivity index (χ0v) is 13.6. The highest BCUT2D eigenvalue weighted by atomic mass is 32.2. The fraction of sp³-hybridized carbons (Fsp3) is 0.0625. The summed E-state index contributed by atoms with van der Waals surface area (Å²) < 4.78 is 31.1. The molecule has 0 atom stereocenters. The number of nitrogen functional groups attached to an aromatic ring is 1. The molecule has 9 heteroatoms. The standard InChI is InChI=1S/C16H13N3O5S/c17-15-12-3-1-2-4-13(12)18-14(16(15)19(20)21)9-10-5-7-11(8-6-10)25(22,23)24/h1-8H,9H2,(H2,17,18)(H,22,23,24). The molecule has 0 radical (unpaired) electrons. The van der Waals surface area contributed by atoms with Crippen molar-refractivity contribution >= 4 is 32.4 Å². The van der Waals surface area contributed by atoms with Gasteiger partial charge in [-0.05, 0) is 23.8 Å². The maximum atomic E-state index is 11.4. The second-order valence-corrected chi connectivity index (χ2v) is 6.81. The lowest BCUT2D eigenvalue weighted by Crippen LogP contribution is -2.05. The van der Waals surface area contributed by atoms with Crippen LogP contribution in [0.15, 0.2) is 53.4 Å². The SMILES string of the molecule is Nc1c([N+](=O)[O-])c(Cc2ccc(S(=O)(=O)O)cc2)nc2ccccc12. The van der Waals surface area contributed by atoms with Crippen LogP contribution >= 0.6 is 0 Å². The fourth-order valence-electron chi connectivity index (χ4n) is 2.58. The Morgan fingerprint density at radius 3 is 2.36 bits per heavy atom. The van der Waals surface area contributed by atoms with Crippen molar-refractivity contribution in [2.24, 2.45) is 0 Å². The van der Waals surface area contributed by atoms with Gasteiger partial charge in [0.1, 0.15) is 11.4 Å². The number of nitrogens with two attached hydrogens (primary N) is 1. The van der Waals surface area contributed by atoms with Crippen molar-refractivity contribution in [1.82, 2.24) is 4.98 Å². The number of nitro groups is 1. The number of anilines is 1. The Labute approximate surface area is 142 Å². The van der Waals surface area contributed by atoms with Crippen LogP contribution in [-0.4, -0.2) is 22.9 Å². The van der Waals surface area contributed by atoms with Crippen LogP contribution in [-0.2, 0) is 16.5 Å². The maximum absolute atomic E-state index is 11.4. The van der Waals surface area contributed by atoms with E-state index in [1.54, 1.807) is 24.3 Å². The van der Waals surface area contributed by atoms with Gasteiger partial charge in [0.15, 0.2) is 0 Å². The summed E-state index contributed by atoms with van der Waals surface area (Å²) in [4.78, 5) is 14.9. The van der Waals surface area contributed by atoms with E-state index in [-0.39, 0.29) is 28.4 Å². The van der Waals surface area contributed by atoms with Gasteiger partial charge >= 0.3 is 5.69 Å². The lowest BCUT2D eigenvalue weighted by molar-refractivity contribution is -0.384. The number of fused-ring (bicyclic) bond motifs is 1. The molecule has 0 bridgehead atoms. The summed E-state index contributed by atoms with van der Waals surface area (Å²) in [5.41, 5.74) is 7.05. The molecular formula is C16H13N3O5S. The first-order valence-corrected chi connectivity index (χ1v) is 8.59. The third-order valence-electron chi connectivity index (χ3n) is 3.75. The first-order valence-electron chi connectivity index (χ1n) is 7.15. The second kappa shape index (κ2) is 6.11. The Morgan fingerprint density at radius 1 is 1.12 bits per heavy atom. The van der Waals surface area contributed by atoms with Gasteiger partial charge < -0.3 is 5.73 Å². The van der Waals surface area contributed by atoms with Crippen LogP contribution < -0.4 is 5.73 Å². The molecule has 0 saturated carbocycles. The number of hydrogen-bond donors (Lipinski definition) is 2. The first-order chi connectivity index (χ1) is 11.8. The highest BCUT2D eigenvalue weighted by molar-refractivity contribution is 7.85. The number of nitrogens with zero attached hydrogens (tertiary/aromatic N) is 2. The molecular weight excluding hydrogens is 346 g/mol. The Hall–Kier alpha value is -3.04. The summed E-state index contributed by atoms with van der Waals surface area (Å²) >= 11 is 0. The quantitative estimate of drug-likeness (QED) is 0.415.